The van der Waals surface area contributed by atoms with E-state index in [-0.39, 0.29) is 12.4 Å². The molecule has 0 fully saturated rings. The standard InChI is InChI=1S/C19H21N3O2S.ClH/c1-19(10-4-6-16(13-19)15-8-11-20-12-9-15)25(23,24)22-18-7-3-2-5-17(18)14-21-22;/h2-8,10,14,20H,9,11-13H2,1H3;1H. The smallest absolute Gasteiger partial charge is 0.263 e. The molecule has 0 amide bonds. The van der Waals surface area contributed by atoms with Crippen molar-refractivity contribution < 1.29 is 8.42 Å². The molecule has 1 aliphatic carbocycles. The van der Waals surface area contributed by atoms with Crippen LogP contribution < -0.4 is 5.32 Å². The largest absolute Gasteiger partial charge is 0.313 e. The number of fused-ring (bicyclic) bond motifs is 1. The van der Waals surface area contributed by atoms with Crippen molar-refractivity contribution in [3.8, 4) is 0 Å². The second-order valence-electron chi connectivity index (χ2n) is 6.78. The number of rotatable bonds is 3. The van der Waals surface area contributed by atoms with Crippen molar-refractivity contribution in [2.24, 2.45) is 0 Å². The lowest BCUT2D eigenvalue weighted by molar-refractivity contribution is 0.544. The van der Waals surface area contributed by atoms with Crippen molar-refractivity contribution in [2.45, 2.75) is 24.5 Å². The number of allylic oxidation sites excluding steroid dienone is 3. The molecule has 2 aromatic rings. The zero-order chi connectivity index (χ0) is 17.5. The predicted octanol–water partition coefficient (Wildman–Crippen LogP) is 3.20. The van der Waals surface area contributed by atoms with Gasteiger partial charge in [0, 0.05) is 11.9 Å². The molecule has 7 heteroatoms. The summed E-state index contributed by atoms with van der Waals surface area (Å²) in [6.07, 6.45) is 10.8. The lowest BCUT2D eigenvalue weighted by Gasteiger charge is -2.31. The van der Waals surface area contributed by atoms with E-state index in [4.69, 9.17) is 0 Å². The van der Waals surface area contributed by atoms with Crippen molar-refractivity contribution >= 4 is 33.3 Å². The second-order valence-corrected chi connectivity index (χ2v) is 9.00. The normalized spacial score (nSPS) is 23.3. The van der Waals surface area contributed by atoms with Gasteiger partial charge >= 0.3 is 0 Å². The highest BCUT2D eigenvalue weighted by Crippen LogP contribution is 2.36. The van der Waals surface area contributed by atoms with Gasteiger partial charge in [-0.3, -0.25) is 0 Å². The van der Waals surface area contributed by atoms with Crippen LogP contribution >= 0.6 is 12.4 Å². The average Bonchev–Trinajstić information content (AvgIpc) is 3.07. The van der Waals surface area contributed by atoms with E-state index in [0.717, 1.165) is 30.5 Å². The minimum absolute atomic E-state index is 0. The van der Waals surface area contributed by atoms with E-state index in [1.165, 1.54) is 9.66 Å². The first-order valence-electron chi connectivity index (χ1n) is 8.48. The number of aromatic nitrogens is 2. The SMILES string of the molecule is CC1(S(=O)(=O)n2ncc3ccccc32)C=CC=C(C2=CCNCC2)C1.Cl. The first kappa shape index (κ1) is 18.9. The summed E-state index contributed by atoms with van der Waals surface area (Å²) in [5.74, 6) is 0. The van der Waals surface area contributed by atoms with Crippen LogP contribution in [0.15, 0.2) is 65.9 Å². The maximum atomic E-state index is 13.4. The molecule has 5 nitrogen and oxygen atoms in total. The fraction of sp³-hybridized carbons (Fsp3) is 0.316. The Morgan fingerprint density at radius 2 is 2.04 bits per heavy atom. The Kier molecular flexibility index (Phi) is 5.10. The predicted molar refractivity (Wildman–Crippen MR) is 107 cm³/mol. The molecule has 1 aromatic heterocycles. The highest BCUT2D eigenvalue weighted by molar-refractivity contribution is 7.91. The van der Waals surface area contributed by atoms with E-state index in [2.05, 4.69) is 16.5 Å². The molecule has 4 rings (SSSR count). The van der Waals surface area contributed by atoms with E-state index < -0.39 is 14.8 Å². The van der Waals surface area contributed by atoms with Crippen LogP contribution in [0, 0.1) is 0 Å². The van der Waals surface area contributed by atoms with E-state index in [0.29, 0.717) is 11.9 Å². The Balaban J connectivity index is 0.00000196. The third kappa shape index (κ3) is 3.02. The van der Waals surface area contributed by atoms with Crippen molar-refractivity contribution in [1.29, 1.82) is 0 Å². The first-order chi connectivity index (χ1) is 12.0. The van der Waals surface area contributed by atoms with Gasteiger partial charge in [0.25, 0.3) is 10.0 Å². The topological polar surface area (TPSA) is 64.0 Å². The average molecular weight is 392 g/mol. The van der Waals surface area contributed by atoms with Gasteiger partial charge in [-0.25, -0.2) is 8.42 Å². The molecule has 26 heavy (non-hydrogen) atoms. The van der Waals surface area contributed by atoms with E-state index >= 15 is 0 Å². The number of nitrogens with one attached hydrogen (secondary N) is 1. The molecule has 0 bridgehead atoms. The fourth-order valence-corrected chi connectivity index (χ4v) is 5.09. The van der Waals surface area contributed by atoms with Crippen LogP contribution in [0.2, 0.25) is 0 Å². The molecule has 0 saturated heterocycles. The molecule has 138 valence electrons. The summed E-state index contributed by atoms with van der Waals surface area (Å²) in [6.45, 7) is 3.55. The fourth-order valence-electron chi connectivity index (χ4n) is 3.51. The van der Waals surface area contributed by atoms with Crippen LogP contribution in [-0.2, 0) is 10.0 Å². The minimum Gasteiger partial charge on any atom is -0.313 e. The van der Waals surface area contributed by atoms with Gasteiger partial charge in [0.05, 0.1) is 11.7 Å². The maximum absolute atomic E-state index is 13.4. The third-order valence-electron chi connectivity index (χ3n) is 5.03. The number of nitrogens with zero attached hydrogens (tertiary/aromatic N) is 2. The Morgan fingerprint density at radius 1 is 1.23 bits per heavy atom. The van der Waals surface area contributed by atoms with E-state index in [9.17, 15) is 8.42 Å². The summed E-state index contributed by atoms with van der Waals surface area (Å²) in [6, 6.07) is 7.38. The van der Waals surface area contributed by atoms with Gasteiger partial charge in [0.15, 0.2) is 0 Å². The molecule has 1 unspecified atom stereocenters. The summed E-state index contributed by atoms with van der Waals surface area (Å²) in [5.41, 5.74) is 2.97. The Morgan fingerprint density at radius 3 is 2.81 bits per heavy atom. The van der Waals surface area contributed by atoms with Gasteiger partial charge in [0.2, 0.25) is 0 Å². The minimum atomic E-state index is -3.68. The summed E-state index contributed by atoms with van der Waals surface area (Å²) >= 11 is 0. The van der Waals surface area contributed by atoms with E-state index in [1.807, 2.05) is 30.4 Å². The van der Waals surface area contributed by atoms with Crippen LogP contribution in [0.1, 0.15) is 19.8 Å². The summed E-state index contributed by atoms with van der Waals surface area (Å²) in [7, 11) is -3.68. The molecule has 1 atom stereocenters. The van der Waals surface area contributed by atoms with Crippen LogP contribution in [0.4, 0.5) is 0 Å². The first-order valence-corrected chi connectivity index (χ1v) is 9.92. The maximum Gasteiger partial charge on any atom is 0.263 e. The number of para-hydroxylation sites is 1. The summed E-state index contributed by atoms with van der Waals surface area (Å²) in [4.78, 5) is 0. The molecular weight excluding hydrogens is 370 g/mol. The van der Waals surface area contributed by atoms with E-state index in [1.54, 1.807) is 25.3 Å². The van der Waals surface area contributed by atoms with Crippen molar-refractivity contribution in [1.82, 2.24) is 14.5 Å². The lowest BCUT2D eigenvalue weighted by Crippen LogP contribution is -2.40. The molecule has 0 radical (unpaired) electrons. The molecule has 0 saturated carbocycles. The second kappa shape index (κ2) is 7.02. The molecule has 1 aromatic carbocycles. The van der Waals surface area contributed by atoms with Gasteiger partial charge in [0.1, 0.15) is 4.75 Å². The van der Waals surface area contributed by atoms with Crippen molar-refractivity contribution in [3.05, 3.63) is 65.9 Å². The monoisotopic (exact) mass is 391 g/mol. The molecular formula is C19H22ClN3O2S. The third-order valence-corrected chi connectivity index (χ3v) is 7.23. The number of halogens is 1. The lowest BCUT2D eigenvalue weighted by atomic mass is 9.88. The quantitative estimate of drug-likeness (QED) is 0.872. The highest BCUT2D eigenvalue weighted by Gasteiger charge is 2.41. The molecule has 2 heterocycles. The Hall–Kier alpha value is -1.89. The number of hydrogen-bond donors (Lipinski definition) is 1. The summed E-state index contributed by atoms with van der Waals surface area (Å²) < 4.78 is 27.0. The van der Waals surface area contributed by atoms with Crippen LogP contribution in [0.3, 0.4) is 0 Å². The Labute approximate surface area is 159 Å². The van der Waals surface area contributed by atoms with Crippen molar-refractivity contribution in [3.63, 3.8) is 0 Å². The Bertz CT molecular complexity index is 1020. The van der Waals surface area contributed by atoms with Gasteiger partial charge in [-0.2, -0.15) is 9.19 Å². The number of hydrogen-bond acceptors (Lipinski definition) is 4. The zero-order valence-electron chi connectivity index (χ0n) is 14.6. The highest BCUT2D eigenvalue weighted by atomic mass is 35.5. The van der Waals surface area contributed by atoms with Crippen LogP contribution in [-0.4, -0.2) is 35.4 Å². The van der Waals surface area contributed by atoms with Gasteiger partial charge in [-0.05, 0) is 43.5 Å². The van der Waals surface area contributed by atoms with Crippen molar-refractivity contribution in [2.75, 3.05) is 13.1 Å². The van der Waals surface area contributed by atoms with Gasteiger partial charge in [-0.1, -0.05) is 42.5 Å². The zero-order valence-corrected chi connectivity index (χ0v) is 16.2. The molecule has 0 spiro atoms. The van der Waals surface area contributed by atoms with Crippen LogP contribution in [0.25, 0.3) is 10.9 Å². The van der Waals surface area contributed by atoms with Gasteiger partial charge < -0.3 is 5.32 Å². The molecule has 1 N–H and O–H groups in total. The molecule has 1 aliphatic heterocycles. The number of benzene rings is 1. The summed E-state index contributed by atoms with van der Waals surface area (Å²) in [5, 5.41) is 8.29. The molecule has 2 aliphatic rings. The van der Waals surface area contributed by atoms with Crippen LogP contribution in [0.5, 0.6) is 0 Å². The van der Waals surface area contributed by atoms with Gasteiger partial charge in [-0.15, -0.1) is 12.4 Å².